The molecule has 3 aromatic rings. The third kappa shape index (κ3) is 6.66. The summed E-state index contributed by atoms with van der Waals surface area (Å²) in [5.41, 5.74) is 3.40. The van der Waals surface area contributed by atoms with Gasteiger partial charge in [-0.1, -0.05) is 18.2 Å². The van der Waals surface area contributed by atoms with Crippen molar-refractivity contribution < 1.29 is 30.0 Å². The number of hydrogen-bond donors (Lipinski definition) is 5. The molecule has 5 N–H and O–H groups in total. The summed E-state index contributed by atoms with van der Waals surface area (Å²) < 4.78 is 4.94. The first kappa shape index (κ1) is 25.8. The molecule has 11 heteroatoms. The number of aromatic nitrogens is 3. The Kier molecular flexibility index (Phi) is 8.65. The van der Waals surface area contributed by atoms with Crippen LogP contribution >= 0.6 is 0 Å². The Labute approximate surface area is 208 Å². The lowest BCUT2D eigenvalue weighted by Gasteiger charge is -2.37. The monoisotopic (exact) mass is 495 g/mol. The first-order valence-electron chi connectivity index (χ1n) is 11.5. The first-order chi connectivity index (χ1) is 17.4. The lowest BCUT2D eigenvalue weighted by atomic mass is 9.98. The fraction of sp³-hybridized carbons (Fsp3) is 0.360. The summed E-state index contributed by atoms with van der Waals surface area (Å²) in [6, 6.07) is 15.3. The van der Waals surface area contributed by atoms with E-state index in [1.54, 1.807) is 18.6 Å². The number of hydrogen-bond acceptors (Lipinski definition) is 10. The molecular formula is C25H29N5O6. The van der Waals surface area contributed by atoms with Crippen LogP contribution in [0, 0.1) is 0 Å². The van der Waals surface area contributed by atoms with Gasteiger partial charge in [-0.25, -0.2) is 0 Å². The van der Waals surface area contributed by atoms with Gasteiger partial charge in [-0.15, -0.1) is 0 Å². The fourth-order valence-corrected chi connectivity index (χ4v) is 3.86. The van der Waals surface area contributed by atoms with E-state index in [1.165, 1.54) is 0 Å². The summed E-state index contributed by atoms with van der Waals surface area (Å²) in [6.07, 6.45) is -3.21. The molecule has 4 rings (SSSR count). The van der Waals surface area contributed by atoms with Crippen molar-refractivity contribution in [1.29, 1.82) is 0 Å². The molecule has 1 amide bonds. The van der Waals surface area contributed by atoms with E-state index >= 15 is 0 Å². The molecule has 0 aliphatic carbocycles. The number of carbonyl (C=O) groups is 1. The topological polar surface area (TPSA) is 161 Å². The molecule has 1 aliphatic heterocycles. The summed E-state index contributed by atoms with van der Waals surface area (Å²) in [5.74, 6) is -0.728. The van der Waals surface area contributed by atoms with Gasteiger partial charge in [0.2, 0.25) is 0 Å². The Bertz CT molecular complexity index is 1060. The average Bonchev–Trinajstić information content (AvgIpc) is 2.90. The minimum Gasteiger partial charge on any atom is -0.387 e. The van der Waals surface area contributed by atoms with Crippen LogP contribution in [0.2, 0.25) is 0 Å². The van der Waals surface area contributed by atoms with Crippen LogP contribution in [0.25, 0.3) is 0 Å². The molecular weight excluding hydrogens is 466 g/mol. The Balaban J connectivity index is 1.35. The van der Waals surface area contributed by atoms with Gasteiger partial charge in [0.1, 0.15) is 18.3 Å². The zero-order chi connectivity index (χ0) is 25.5. The van der Waals surface area contributed by atoms with Gasteiger partial charge >= 0.3 is 0 Å². The molecule has 3 aromatic heterocycles. The van der Waals surface area contributed by atoms with Crippen LogP contribution in [0.1, 0.15) is 22.6 Å². The van der Waals surface area contributed by atoms with Crippen molar-refractivity contribution in [2.45, 2.75) is 56.9 Å². The van der Waals surface area contributed by atoms with Gasteiger partial charge in [-0.3, -0.25) is 24.6 Å². The minimum atomic E-state index is -1.78. The van der Waals surface area contributed by atoms with Crippen molar-refractivity contribution >= 4 is 5.91 Å². The zero-order valence-electron chi connectivity index (χ0n) is 19.5. The standard InChI is InChI=1S/C25H29N5O6/c31-20-21(32)23(36-25(35)22(20)33)24(34)29-12-16-7-8-19(28-11-16)15-30(13-17-5-1-3-9-26-17)14-18-6-2-4-10-27-18/h1-11,20-23,25,31-33,35H,12-15H2,(H,29,34)/t20-,21+,22+,23?,25-/m0/s1. The normalized spacial score (nSPS) is 24.0. The molecule has 190 valence electrons. The van der Waals surface area contributed by atoms with Crippen LogP contribution < -0.4 is 5.32 Å². The number of carbonyl (C=O) groups excluding carboxylic acids is 1. The molecule has 0 radical (unpaired) electrons. The molecule has 1 aliphatic rings. The van der Waals surface area contributed by atoms with Crippen molar-refractivity contribution in [1.82, 2.24) is 25.2 Å². The van der Waals surface area contributed by atoms with E-state index in [0.717, 1.165) is 17.1 Å². The highest BCUT2D eigenvalue weighted by atomic mass is 16.6. The molecule has 0 saturated carbocycles. The SMILES string of the molecule is O=C(NCc1ccc(CN(Cc2ccccn2)Cc2ccccn2)nc1)C1O[C@H](O)[C@H](O)[C@@H](O)[C@H]1O. The highest BCUT2D eigenvalue weighted by molar-refractivity contribution is 5.81. The molecule has 4 heterocycles. The summed E-state index contributed by atoms with van der Waals surface area (Å²) >= 11 is 0. The van der Waals surface area contributed by atoms with Crippen molar-refractivity contribution in [3.05, 3.63) is 89.8 Å². The molecule has 11 nitrogen and oxygen atoms in total. The van der Waals surface area contributed by atoms with Crippen molar-refractivity contribution in [3.63, 3.8) is 0 Å². The number of pyridine rings is 3. The van der Waals surface area contributed by atoms with Gasteiger partial charge in [-0.05, 0) is 35.9 Å². The number of nitrogens with zero attached hydrogens (tertiary/aromatic N) is 4. The van der Waals surface area contributed by atoms with Crippen LogP contribution in [0.3, 0.4) is 0 Å². The van der Waals surface area contributed by atoms with Crippen molar-refractivity contribution in [2.24, 2.45) is 0 Å². The minimum absolute atomic E-state index is 0.0963. The van der Waals surface area contributed by atoms with E-state index < -0.39 is 36.6 Å². The Morgan fingerprint density at radius 2 is 1.42 bits per heavy atom. The van der Waals surface area contributed by atoms with Crippen molar-refractivity contribution in [2.75, 3.05) is 0 Å². The van der Waals surface area contributed by atoms with E-state index in [9.17, 15) is 25.2 Å². The van der Waals surface area contributed by atoms with E-state index in [2.05, 4.69) is 25.2 Å². The maximum absolute atomic E-state index is 12.4. The molecule has 1 unspecified atom stereocenters. The third-order valence-corrected chi connectivity index (χ3v) is 5.81. The number of rotatable bonds is 9. The van der Waals surface area contributed by atoms with Gasteiger partial charge in [-0.2, -0.15) is 0 Å². The molecule has 0 spiro atoms. The van der Waals surface area contributed by atoms with Gasteiger partial charge < -0.3 is 30.5 Å². The molecule has 1 saturated heterocycles. The molecule has 5 atom stereocenters. The largest absolute Gasteiger partial charge is 0.387 e. The van der Waals surface area contributed by atoms with Crippen molar-refractivity contribution in [3.8, 4) is 0 Å². The second-order valence-electron chi connectivity index (χ2n) is 8.58. The van der Waals surface area contributed by atoms with Gasteiger partial charge in [0.25, 0.3) is 5.91 Å². The first-order valence-corrected chi connectivity index (χ1v) is 11.5. The van der Waals surface area contributed by atoms with Crippen LogP contribution in [-0.2, 0) is 35.7 Å². The predicted molar refractivity (Wildman–Crippen MR) is 126 cm³/mol. The fourth-order valence-electron chi connectivity index (χ4n) is 3.86. The van der Waals surface area contributed by atoms with E-state index in [1.807, 2.05) is 48.5 Å². The van der Waals surface area contributed by atoms with Gasteiger partial charge in [0.15, 0.2) is 12.4 Å². The average molecular weight is 496 g/mol. The lowest BCUT2D eigenvalue weighted by molar-refractivity contribution is -0.275. The predicted octanol–water partition coefficient (Wildman–Crippen LogP) is -0.510. The van der Waals surface area contributed by atoms with Gasteiger partial charge in [0.05, 0.1) is 17.1 Å². The summed E-state index contributed by atoms with van der Waals surface area (Å²) in [7, 11) is 0. The maximum Gasteiger partial charge on any atom is 0.252 e. The van der Waals surface area contributed by atoms with E-state index in [-0.39, 0.29) is 6.54 Å². The number of amides is 1. The van der Waals surface area contributed by atoms with E-state index in [0.29, 0.717) is 25.2 Å². The second kappa shape index (κ2) is 12.1. The highest BCUT2D eigenvalue weighted by Crippen LogP contribution is 2.20. The summed E-state index contributed by atoms with van der Waals surface area (Å²) in [4.78, 5) is 27.9. The Morgan fingerprint density at radius 3 is 1.94 bits per heavy atom. The highest BCUT2D eigenvalue weighted by Gasteiger charge is 2.46. The molecule has 0 bridgehead atoms. The van der Waals surface area contributed by atoms with Gasteiger partial charge in [0, 0.05) is 44.8 Å². The zero-order valence-corrected chi connectivity index (χ0v) is 19.5. The number of aliphatic hydroxyl groups is 4. The molecule has 36 heavy (non-hydrogen) atoms. The Morgan fingerprint density at radius 1 is 0.806 bits per heavy atom. The Hall–Kier alpha value is -3.32. The number of ether oxygens (including phenoxy) is 1. The van der Waals surface area contributed by atoms with Crippen LogP contribution in [0.15, 0.2) is 67.1 Å². The van der Waals surface area contributed by atoms with E-state index in [4.69, 9.17) is 4.74 Å². The van der Waals surface area contributed by atoms with Crippen LogP contribution in [0.4, 0.5) is 0 Å². The third-order valence-electron chi connectivity index (χ3n) is 5.81. The quantitative estimate of drug-likeness (QED) is 0.261. The summed E-state index contributed by atoms with van der Waals surface area (Å²) in [6.45, 7) is 1.89. The maximum atomic E-state index is 12.4. The van der Waals surface area contributed by atoms with Crippen LogP contribution in [-0.4, -0.2) is 76.9 Å². The summed E-state index contributed by atoms with van der Waals surface area (Å²) in [5, 5.41) is 41.5. The molecule has 0 aromatic carbocycles. The van der Waals surface area contributed by atoms with Crippen LogP contribution in [0.5, 0.6) is 0 Å². The number of aliphatic hydroxyl groups excluding tert-OH is 4. The molecule has 1 fully saturated rings. The number of nitrogens with one attached hydrogen (secondary N) is 1. The lowest BCUT2D eigenvalue weighted by Crippen LogP contribution is -2.61. The second-order valence-corrected chi connectivity index (χ2v) is 8.58. The smallest absolute Gasteiger partial charge is 0.252 e.